The van der Waals surface area contributed by atoms with Crippen molar-refractivity contribution < 1.29 is 9.13 Å². The third kappa shape index (κ3) is 2.17. The van der Waals surface area contributed by atoms with Gasteiger partial charge in [-0.3, -0.25) is 11.3 Å². The zero-order chi connectivity index (χ0) is 9.84. The van der Waals surface area contributed by atoms with E-state index in [2.05, 4.69) is 5.43 Å². The van der Waals surface area contributed by atoms with Crippen molar-refractivity contribution in [3.63, 3.8) is 0 Å². The van der Waals surface area contributed by atoms with Crippen molar-refractivity contribution in [2.75, 3.05) is 7.11 Å². The van der Waals surface area contributed by atoms with Crippen LogP contribution in [-0.2, 0) is 0 Å². The maximum Gasteiger partial charge on any atom is 0.123 e. The summed E-state index contributed by atoms with van der Waals surface area (Å²) in [6.45, 7) is 1.83. The molecule has 0 bridgehead atoms. The molecule has 1 aromatic rings. The number of rotatable bonds is 3. The van der Waals surface area contributed by atoms with Crippen LogP contribution in [0.3, 0.4) is 0 Å². The Labute approximate surface area is 76.7 Å². The van der Waals surface area contributed by atoms with Crippen molar-refractivity contribution in [3.05, 3.63) is 29.6 Å². The minimum absolute atomic E-state index is 0.134. The molecule has 0 amide bonds. The molecule has 0 aliphatic heterocycles. The van der Waals surface area contributed by atoms with E-state index in [0.717, 1.165) is 0 Å². The van der Waals surface area contributed by atoms with Gasteiger partial charge < -0.3 is 4.74 Å². The summed E-state index contributed by atoms with van der Waals surface area (Å²) in [6, 6.07) is 4.21. The SMILES string of the molecule is COc1ccc(F)cc1C(C)NN. The van der Waals surface area contributed by atoms with Crippen LogP contribution in [0.15, 0.2) is 18.2 Å². The fourth-order valence-corrected chi connectivity index (χ4v) is 1.13. The molecule has 3 N–H and O–H groups in total. The number of hydrogen-bond donors (Lipinski definition) is 2. The third-order valence-electron chi connectivity index (χ3n) is 1.91. The summed E-state index contributed by atoms with van der Waals surface area (Å²) in [6.07, 6.45) is 0. The first-order valence-electron chi connectivity index (χ1n) is 3.98. The number of nitrogens with one attached hydrogen (secondary N) is 1. The van der Waals surface area contributed by atoms with Gasteiger partial charge in [0.1, 0.15) is 11.6 Å². The van der Waals surface area contributed by atoms with E-state index in [9.17, 15) is 4.39 Å². The van der Waals surface area contributed by atoms with E-state index in [0.29, 0.717) is 11.3 Å². The largest absolute Gasteiger partial charge is 0.496 e. The second-order valence-electron chi connectivity index (χ2n) is 2.77. The van der Waals surface area contributed by atoms with Crippen molar-refractivity contribution in [3.8, 4) is 5.75 Å². The van der Waals surface area contributed by atoms with Crippen molar-refractivity contribution in [2.24, 2.45) is 5.84 Å². The lowest BCUT2D eigenvalue weighted by Crippen LogP contribution is -2.26. The highest BCUT2D eigenvalue weighted by atomic mass is 19.1. The summed E-state index contributed by atoms with van der Waals surface area (Å²) in [7, 11) is 1.54. The van der Waals surface area contributed by atoms with Crippen molar-refractivity contribution in [2.45, 2.75) is 13.0 Å². The van der Waals surface area contributed by atoms with Crippen molar-refractivity contribution in [1.82, 2.24) is 5.43 Å². The van der Waals surface area contributed by atoms with Gasteiger partial charge in [-0.05, 0) is 25.1 Å². The molecule has 1 atom stereocenters. The quantitative estimate of drug-likeness (QED) is 0.550. The van der Waals surface area contributed by atoms with Gasteiger partial charge in [0.15, 0.2) is 0 Å². The zero-order valence-corrected chi connectivity index (χ0v) is 7.67. The molecule has 0 fully saturated rings. The Hall–Kier alpha value is -1.13. The van der Waals surface area contributed by atoms with Gasteiger partial charge in [0.25, 0.3) is 0 Å². The molecular weight excluding hydrogens is 171 g/mol. The molecule has 3 nitrogen and oxygen atoms in total. The van der Waals surface area contributed by atoms with Crippen LogP contribution in [0.1, 0.15) is 18.5 Å². The minimum atomic E-state index is -0.294. The van der Waals surface area contributed by atoms with Gasteiger partial charge in [0, 0.05) is 11.6 Å². The molecule has 0 spiro atoms. The predicted octanol–water partition coefficient (Wildman–Crippen LogP) is 1.36. The summed E-state index contributed by atoms with van der Waals surface area (Å²) < 4.78 is 17.9. The van der Waals surface area contributed by atoms with E-state index in [1.807, 2.05) is 6.92 Å². The molecule has 0 heterocycles. The monoisotopic (exact) mass is 184 g/mol. The summed E-state index contributed by atoms with van der Waals surface area (Å²) in [5.41, 5.74) is 3.25. The second kappa shape index (κ2) is 4.20. The number of benzene rings is 1. The van der Waals surface area contributed by atoms with E-state index in [4.69, 9.17) is 10.6 Å². The molecule has 1 unspecified atom stereocenters. The molecule has 0 aliphatic rings. The molecule has 1 rings (SSSR count). The van der Waals surface area contributed by atoms with Crippen LogP contribution in [0.4, 0.5) is 4.39 Å². The topological polar surface area (TPSA) is 47.3 Å². The highest BCUT2D eigenvalue weighted by Gasteiger charge is 2.10. The smallest absolute Gasteiger partial charge is 0.123 e. The van der Waals surface area contributed by atoms with Crippen LogP contribution < -0.4 is 16.0 Å². The number of halogens is 1. The molecule has 4 heteroatoms. The Morgan fingerprint density at radius 2 is 2.23 bits per heavy atom. The van der Waals surface area contributed by atoms with E-state index in [1.54, 1.807) is 13.2 Å². The average molecular weight is 184 g/mol. The Morgan fingerprint density at radius 3 is 2.77 bits per heavy atom. The van der Waals surface area contributed by atoms with Crippen LogP contribution in [0.2, 0.25) is 0 Å². The van der Waals surface area contributed by atoms with Gasteiger partial charge in [0.2, 0.25) is 0 Å². The Morgan fingerprint density at radius 1 is 1.54 bits per heavy atom. The van der Waals surface area contributed by atoms with Gasteiger partial charge in [-0.2, -0.15) is 0 Å². The summed E-state index contributed by atoms with van der Waals surface area (Å²) in [5.74, 6) is 5.59. The summed E-state index contributed by atoms with van der Waals surface area (Å²) >= 11 is 0. The van der Waals surface area contributed by atoms with Gasteiger partial charge in [-0.1, -0.05) is 0 Å². The number of hydrogen-bond acceptors (Lipinski definition) is 3. The fraction of sp³-hybridized carbons (Fsp3) is 0.333. The first kappa shape index (κ1) is 9.95. The van der Waals surface area contributed by atoms with E-state index < -0.39 is 0 Å². The third-order valence-corrected chi connectivity index (χ3v) is 1.91. The van der Waals surface area contributed by atoms with Crippen LogP contribution in [0.5, 0.6) is 5.75 Å². The molecule has 0 aliphatic carbocycles. The van der Waals surface area contributed by atoms with Gasteiger partial charge in [-0.15, -0.1) is 0 Å². The standard InChI is InChI=1S/C9H13FN2O/c1-6(12-11)8-5-7(10)3-4-9(8)13-2/h3-6,12H,11H2,1-2H3. The highest BCUT2D eigenvalue weighted by molar-refractivity contribution is 5.36. The van der Waals surface area contributed by atoms with Gasteiger partial charge in [0.05, 0.1) is 7.11 Å². The lowest BCUT2D eigenvalue weighted by atomic mass is 10.1. The van der Waals surface area contributed by atoms with E-state index in [-0.39, 0.29) is 11.9 Å². The molecular formula is C9H13FN2O. The van der Waals surface area contributed by atoms with Crippen LogP contribution >= 0.6 is 0 Å². The maximum atomic E-state index is 12.9. The normalized spacial score (nSPS) is 12.6. The zero-order valence-electron chi connectivity index (χ0n) is 7.67. The molecule has 13 heavy (non-hydrogen) atoms. The molecule has 0 saturated carbocycles. The predicted molar refractivity (Wildman–Crippen MR) is 48.7 cm³/mol. The lowest BCUT2D eigenvalue weighted by Gasteiger charge is -2.14. The number of methoxy groups -OCH3 is 1. The first-order chi connectivity index (χ1) is 6.19. The van der Waals surface area contributed by atoms with Crippen LogP contribution in [-0.4, -0.2) is 7.11 Å². The molecule has 0 radical (unpaired) electrons. The second-order valence-corrected chi connectivity index (χ2v) is 2.77. The van der Waals surface area contributed by atoms with Crippen LogP contribution in [0.25, 0.3) is 0 Å². The fourth-order valence-electron chi connectivity index (χ4n) is 1.13. The Balaban J connectivity index is 3.07. The maximum absolute atomic E-state index is 12.9. The lowest BCUT2D eigenvalue weighted by molar-refractivity contribution is 0.400. The van der Waals surface area contributed by atoms with Crippen LogP contribution in [0, 0.1) is 5.82 Å². The minimum Gasteiger partial charge on any atom is -0.496 e. The van der Waals surface area contributed by atoms with E-state index in [1.165, 1.54) is 12.1 Å². The summed E-state index contributed by atoms with van der Waals surface area (Å²) in [4.78, 5) is 0. The number of nitrogens with two attached hydrogens (primary N) is 1. The highest BCUT2D eigenvalue weighted by Crippen LogP contribution is 2.24. The average Bonchev–Trinajstić information content (AvgIpc) is 2.16. The molecule has 1 aromatic carbocycles. The van der Waals surface area contributed by atoms with Crippen molar-refractivity contribution in [1.29, 1.82) is 0 Å². The molecule has 72 valence electrons. The van der Waals surface area contributed by atoms with E-state index >= 15 is 0 Å². The Bertz CT molecular complexity index is 291. The number of ether oxygens (including phenoxy) is 1. The molecule has 0 aromatic heterocycles. The van der Waals surface area contributed by atoms with Gasteiger partial charge >= 0.3 is 0 Å². The molecule has 0 saturated heterocycles. The van der Waals surface area contributed by atoms with Gasteiger partial charge in [-0.25, -0.2) is 4.39 Å². The summed E-state index contributed by atoms with van der Waals surface area (Å²) in [5, 5.41) is 0. The Kier molecular flexibility index (Phi) is 3.22. The van der Waals surface area contributed by atoms with Crippen molar-refractivity contribution >= 4 is 0 Å². The first-order valence-corrected chi connectivity index (χ1v) is 3.98. The number of hydrazine groups is 1.